The van der Waals surface area contributed by atoms with E-state index in [1.807, 2.05) is 12.1 Å². The Balaban J connectivity index is 1.78. The van der Waals surface area contributed by atoms with Gasteiger partial charge in [-0.1, -0.05) is 11.6 Å². The van der Waals surface area contributed by atoms with E-state index in [2.05, 4.69) is 22.3 Å². The predicted molar refractivity (Wildman–Crippen MR) is 70.1 cm³/mol. The van der Waals surface area contributed by atoms with E-state index in [1.165, 1.54) is 0 Å². The highest BCUT2D eigenvalue weighted by atomic mass is 35.5. The smallest absolute Gasteiger partial charge is 0.243 e. The third-order valence-electron chi connectivity index (χ3n) is 3.11. The molecule has 1 aliphatic rings. The molecule has 0 aliphatic carbocycles. The first-order valence-electron chi connectivity index (χ1n) is 6.11. The average molecular weight is 267 g/mol. The number of pyridine rings is 1. The number of anilines is 1. The molecule has 96 valence electrons. The normalized spacial score (nSPS) is 24.3. The van der Waals surface area contributed by atoms with Crippen LogP contribution in [-0.2, 0) is 4.74 Å². The fraction of sp³-hybridized carbons (Fsp3) is 0.500. The van der Waals surface area contributed by atoms with Crippen molar-refractivity contribution in [3.8, 4) is 0 Å². The molecule has 0 amide bonds. The van der Waals surface area contributed by atoms with Crippen molar-refractivity contribution in [1.29, 1.82) is 0 Å². The number of nitrogens with one attached hydrogen (secondary N) is 1. The molecule has 1 aliphatic heterocycles. The molecule has 0 unspecified atom stereocenters. The maximum atomic E-state index is 5.91. The van der Waals surface area contributed by atoms with Crippen molar-refractivity contribution in [1.82, 2.24) is 14.6 Å². The number of aromatic nitrogens is 3. The zero-order valence-corrected chi connectivity index (χ0v) is 10.9. The van der Waals surface area contributed by atoms with Gasteiger partial charge in [-0.3, -0.25) is 0 Å². The number of ether oxygens (including phenoxy) is 1. The first kappa shape index (κ1) is 11.7. The Morgan fingerprint density at radius 3 is 3.22 bits per heavy atom. The maximum absolute atomic E-state index is 5.91. The summed E-state index contributed by atoms with van der Waals surface area (Å²) in [6.07, 6.45) is 4.02. The van der Waals surface area contributed by atoms with E-state index in [0.717, 1.165) is 25.1 Å². The SMILES string of the molecule is C[C@@H]1C[C@H](Nc2nc3ccc(Cl)cn3n2)CCO1. The van der Waals surface area contributed by atoms with Gasteiger partial charge in [-0.2, -0.15) is 4.98 Å². The standard InChI is InChI=1S/C12H15ClN4O/c1-8-6-10(4-5-18-8)14-12-15-11-3-2-9(13)7-17(11)16-12/h2-3,7-8,10H,4-6H2,1H3,(H,14,16)/t8-,10-/m1/s1. The van der Waals surface area contributed by atoms with Crippen LogP contribution in [0.3, 0.4) is 0 Å². The molecule has 5 nitrogen and oxygen atoms in total. The molecule has 1 saturated heterocycles. The fourth-order valence-corrected chi connectivity index (χ4v) is 2.39. The fourth-order valence-electron chi connectivity index (χ4n) is 2.23. The summed E-state index contributed by atoms with van der Waals surface area (Å²) in [5.41, 5.74) is 0.794. The molecule has 1 N–H and O–H groups in total. The van der Waals surface area contributed by atoms with Crippen molar-refractivity contribution in [2.24, 2.45) is 0 Å². The van der Waals surface area contributed by atoms with E-state index in [0.29, 0.717) is 23.1 Å². The lowest BCUT2D eigenvalue weighted by Gasteiger charge is -2.27. The van der Waals surface area contributed by atoms with E-state index < -0.39 is 0 Å². The molecule has 1 fully saturated rings. The molecule has 3 heterocycles. The largest absolute Gasteiger partial charge is 0.378 e. The second-order valence-corrected chi connectivity index (χ2v) is 5.07. The average Bonchev–Trinajstić information content (AvgIpc) is 2.70. The Kier molecular flexibility index (Phi) is 3.09. The van der Waals surface area contributed by atoms with Gasteiger partial charge in [0, 0.05) is 18.8 Å². The minimum absolute atomic E-state index is 0.294. The topological polar surface area (TPSA) is 51.5 Å². The predicted octanol–water partition coefficient (Wildman–Crippen LogP) is 2.36. The Morgan fingerprint density at radius 2 is 2.39 bits per heavy atom. The van der Waals surface area contributed by atoms with Crippen molar-refractivity contribution in [3.63, 3.8) is 0 Å². The Morgan fingerprint density at radius 1 is 1.50 bits per heavy atom. The Labute approximate surface area is 110 Å². The summed E-state index contributed by atoms with van der Waals surface area (Å²) in [5.74, 6) is 0.649. The van der Waals surface area contributed by atoms with E-state index in [-0.39, 0.29) is 0 Å². The highest BCUT2D eigenvalue weighted by molar-refractivity contribution is 6.30. The van der Waals surface area contributed by atoms with Crippen LogP contribution in [0.2, 0.25) is 5.02 Å². The lowest BCUT2D eigenvalue weighted by Crippen LogP contribution is -2.32. The first-order valence-corrected chi connectivity index (χ1v) is 6.48. The van der Waals surface area contributed by atoms with Crippen LogP contribution in [0, 0.1) is 0 Å². The highest BCUT2D eigenvalue weighted by Crippen LogP contribution is 2.18. The van der Waals surface area contributed by atoms with E-state index >= 15 is 0 Å². The summed E-state index contributed by atoms with van der Waals surface area (Å²) in [6, 6.07) is 4.04. The number of rotatable bonds is 2. The van der Waals surface area contributed by atoms with Crippen LogP contribution in [0.5, 0.6) is 0 Å². The Bertz CT molecular complexity index is 556. The molecule has 3 rings (SSSR count). The van der Waals surface area contributed by atoms with Gasteiger partial charge < -0.3 is 10.1 Å². The quantitative estimate of drug-likeness (QED) is 0.907. The van der Waals surface area contributed by atoms with Gasteiger partial charge in [-0.15, -0.1) is 5.10 Å². The number of fused-ring (bicyclic) bond motifs is 1. The third kappa shape index (κ3) is 2.42. The molecule has 2 aromatic heterocycles. The monoisotopic (exact) mass is 266 g/mol. The summed E-state index contributed by atoms with van der Waals surface area (Å²) in [4.78, 5) is 4.41. The molecule has 2 atom stereocenters. The summed E-state index contributed by atoms with van der Waals surface area (Å²) in [5, 5.41) is 8.37. The lowest BCUT2D eigenvalue weighted by molar-refractivity contribution is 0.0231. The van der Waals surface area contributed by atoms with Crippen LogP contribution in [0.4, 0.5) is 5.95 Å². The lowest BCUT2D eigenvalue weighted by atomic mass is 10.0. The van der Waals surface area contributed by atoms with Crippen LogP contribution in [-0.4, -0.2) is 33.4 Å². The van der Waals surface area contributed by atoms with Gasteiger partial charge in [0.1, 0.15) is 0 Å². The van der Waals surface area contributed by atoms with Gasteiger partial charge in [-0.25, -0.2) is 4.52 Å². The molecular weight excluding hydrogens is 252 g/mol. The molecule has 6 heteroatoms. The zero-order chi connectivity index (χ0) is 12.5. The van der Waals surface area contributed by atoms with Crippen molar-refractivity contribution < 1.29 is 4.74 Å². The maximum Gasteiger partial charge on any atom is 0.243 e. The van der Waals surface area contributed by atoms with Crippen LogP contribution < -0.4 is 5.32 Å². The van der Waals surface area contributed by atoms with Crippen LogP contribution in [0.25, 0.3) is 5.65 Å². The molecule has 0 bridgehead atoms. The Hall–Kier alpha value is -1.33. The molecule has 0 saturated carbocycles. The van der Waals surface area contributed by atoms with Crippen molar-refractivity contribution in [2.45, 2.75) is 31.9 Å². The molecule has 0 spiro atoms. The first-order chi connectivity index (χ1) is 8.70. The number of nitrogens with zero attached hydrogens (tertiary/aromatic N) is 3. The summed E-state index contributed by atoms with van der Waals surface area (Å²) in [7, 11) is 0. The summed E-state index contributed by atoms with van der Waals surface area (Å²) >= 11 is 5.91. The third-order valence-corrected chi connectivity index (χ3v) is 3.34. The van der Waals surface area contributed by atoms with E-state index in [1.54, 1.807) is 10.7 Å². The molecular formula is C12H15ClN4O. The van der Waals surface area contributed by atoms with Gasteiger partial charge in [0.2, 0.25) is 5.95 Å². The highest BCUT2D eigenvalue weighted by Gasteiger charge is 2.20. The van der Waals surface area contributed by atoms with Gasteiger partial charge in [0.15, 0.2) is 5.65 Å². The molecule has 0 radical (unpaired) electrons. The van der Waals surface area contributed by atoms with Gasteiger partial charge in [0.25, 0.3) is 0 Å². The minimum Gasteiger partial charge on any atom is -0.378 e. The molecule has 2 aromatic rings. The summed E-state index contributed by atoms with van der Waals surface area (Å²) < 4.78 is 7.20. The second kappa shape index (κ2) is 4.74. The number of hydrogen-bond donors (Lipinski definition) is 1. The van der Waals surface area contributed by atoms with Crippen molar-refractivity contribution >= 4 is 23.2 Å². The van der Waals surface area contributed by atoms with E-state index in [4.69, 9.17) is 16.3 Å². The van der Waals surface area contributed by atoms with Gasteiger partial charge in [0.05, 0.1) is 11.1 Å². The second-order valence-electron chi connectivity index (χ2n) is 4.63. The van der Waals surface area contributed by atoms with Crippen molar-refractivity contribution in [2.75, 3.05) is 11.9 Å². The minimum atomic E-state index is 0.294. The van der Waals surface area contributed by atoms with Crippen LogP contribution in [0.1, 0.15) is 19.8 Å². The summed E-state index contributed by atoms with van der Waals surface area (Å²) in [6.45, 7) is 2.88. The van der Waals surface area contributed by atoms with Gasteiger partial charge in [-0.05, 0) is 31.9 Å². The van der Waals surface area contributed by atoms with Gasteiger partial charge >= 0.3 is 0 Å². The zero-order valence-electron chi connectivity index (χ0n) is 10.1. The molecule has 18 heavy (non-hydrogen) atoms. The van der Waals surface area contributed by atoms with Crippen molar-refractivity contribution in [3.05, 3.63) is 23.4 Å². The number of halogens is 1. The number of hydrogen-bond acceptors (Lipinski definition) is 4. The van der Waals surface area contributed by atoms with Crippen LogP contribution in [0.15, 0.2) is 18.3 Å². The molecule has 0 aromatic carbocycles. The van der Waals surface area contributed by atoms with Crippen LogP contribution >= 0.6 is 11.6 Å². The van der Waals surface area contributed by atoms with E-state index in [9.17, 15) is 0 Å².